The Labute approximate surface area is 85.7 Å². The first-order valence-corrected chi connectivity index (χ1v) is 3.75. The number of pyridine rings is 1. The van der Waals surface area contributed by atoms with Gasteiger partial charge in [-0.15, -0.1) is 12.4 Å². The third kappa shape index (κ3) is 3.51. The summed E-state index contributed by atoms with van der Waals surface area (Å²) in [6.45, 7) is 0. The number of aromatic nitrogens is 1. The van der Waals surface area contributed by atoms with Crippen LogP contribution < -0.4 is 5.73 Å². The van der Waals surface area contributed by atoms with Gasteiger partial charge in [-0.1, -0.05) is 6.07 Å². The van der Waals surface area contributed by atoms with Gasteiger partial charge in [0.15, 0.2) is 0 Å². The fourth-order valence-corrected chi connectivity index (χ4v) is 0.994. The summed E-state index contributed by atoms with van der Waals surface area (Å²) in [5.74, 6) is -0.782. The Hall–Kier alpha value is -0.810. The minimum atomic E-state index is -2.53. The van der Waals surface area contributed by atoms with Crippen LogP contribution in [0.1, 0.15) is 18.0 Å². The lowest BCUT2D eigenvalue weighted by molar-refractivity contribution is 0.128. The summed E-state index contributed by atoms with van der Waals surface area (Å²) in [5, 5.41) is 0. The highest BCUT2D eigenvalue weighted by molar-refractivity contribution is 5.85. The number of nitrogens with two attached hydrogens (primary N) is 1. The van der Waals surface area contributed by atoms with Crippen molar-refractivity contribution in [2.24, 2.45) is 5.73 Å². The topological polar surface area (TPSA) is 38.9 Å². The fraction of sp³-hybridized carbons (Fsp3) is 0.375. The molecule has 6 heteroatoms. The first-order chi connectivity index (χ1) is 6.11. The second kappa shape index (κ2) is 5.82. The molecule has 14 heavy (non-hydrogen) atoms. The predicted octanol–water partition coefficient (Wildman–Crippen LogP) is 2.30. The molecule has 2 nitrogen and oxygen atoms in total. The van der Waals surface area contributed by atoms with Crippen molar-refractivity contribution in [1.82, 2.24) is 4.98 Å². The van der Waals surface area contributed by atoms with E-state index in [9.17, 15) is 13.2 Å². The Morgan fingerprint density at radius 3 is 2.57 bits per heavy atom. The molecule has 0 aliphatic carbocycles. The molecule has 0 bridgehead atoms. The Balaban J connectivity index is 0.00000169. The van der Waals surface area contributed by atoms with Crippen LogP contribution in [0.25, 0.3) is 0 Å². The van der Waals surface area contributed by atoms with E-state index in [2.05, 4.69) is 4.98 Å². The van der Waals surface area contributed by atoms with E-state index in [1.54, 1.807) is 0 Å². The zero-order valence-corrected chi connectivity index (χ0v) is 7.98. The summed E-state index contributed by atoms with van der Waals surface area (Å²) in [6.07, 6.45) is -1.84. The lowest BCUT2D eigenvalue weighted by atomic mass is 10.1. The highest BCUT2D eigenvalue weighted by atomic mass is 35.5. The quantitative estimate of drug-likeness (QED) is 0.804. The first kappa shape index (κ1) is 13.2. The Morgan fingerprint density at radius 2 is 2.07 bits per heavy atom. The van der Waals surface area contributed by atoms with Gasteiger partial charge in [-0.2, -0.15) is 4.39 Å². The second-order valence-corrected chi connectivity index (χ2v) is 2.62. The molecule has 0 aliphatic rings. The molecule has 0 saturated heterocycles. The van der Waals surface area contributed by atoms with Gasteiger partial charge in [-0.05, 0) is 6.07 Å². The molecule has 0 saturated carbocycles. The summed E-state index contributed by atoms with van der Waals surface area (Å²) in [7, 11) is 0. The third-order valence-corrected chi connectivity index (χ3v) is 1.62. The number of halogens is 4. The van der Waals surface area contributed by atoms with E-state index >= 15 is 0 Å². The summed E-state index contributed by atoms with van der Waals surface area (Å²) in [4.78, 5) is 3.32. The van der Waals surface area contributed by atoms with Crippen molar-refractivity contribution in [3.63, 3.8) is 0 Å². The predicted molar refractivity (Wildman–Crippen MR) is 49.0 cm³/mol. The molecule has 1 aromatic rings. The van der Waals surface area contributed by atoms with Crippen LogP contribution in [0.3, 0.4) is 0 Å². The number of alkyl halides is 2. The largest absolute Gasteiger partial charge is 0.324 e. The smallest absolute Gasteiger partial charge is 0.240 e. The molecule has 0 aliphatic heterocycles. The summed E-state index contributed by atoms with van der Waals surface area (Å²) in [5.41, 5.74) is 5.37. The third-order valence-electron chi connectivity index (χ3n) is 1.62. The molecule has 1 rings (SSSR count). The van der Waals surface area contributed by atoms with Crippen molar-refractivity contribution < 1.29 is 13.2 Å². The minimum absolute atomic E-state index is 0. The standard InChI is InChI=1S/C8H9F3N2.ClH/c9-7(10)4-6(12)5-2-1-3-13-8(5)11;/h1-3,6-7H,4,12H2;1H/t6-;/m0./s1. The summed E-state index contributed by atoms with van der Waals surface area (Å²) in [6, 6.07) is 1.83. The number of nitrogens with zero attached hydrogens (tertiary/aromatic N) is 1. The van der Waals surface area contributed by atoms with Crippen molar-refractivity contribution in [1.29, 1.82) is 0 Å². The number of rotatable bonds is 3. The van der Waals surface area contributed by atoms with Gasteiger partial charge in [0, 0.05) is 24.2 Å². The number of hydrogen-bond acceptors (Lipinski definition) is 2. The lowest BCUT2D eigenvalue weighted by Gasteiger charge is -2.10. The van der Waals surface area contributed by atoms with Gasteiger partial charge in [0.1, 0.15) is 0 Å². The van der Waals surface area contributed by atoms with E-state index in [-0.39, 0.29) is 18.0 Å². The van der Waals surface area contributed by atoms with Crippen LogP contribution in [-0.4, -0.2) is 11.4 Å². The van der Waals surface area contributed by atoms with Crippen molar-refractivity contribution in [3.8, 4) is 0 Å². The molecule has 80 valence electrons. The Bertz CT molecular complexity index is 283. The zero-order chi connectivity index (χ0) is 9.84. The molecule has 1 heterocycles. The Kier molecular flexibility index (Phi) is 5.49. The Morgan fingerprint density at radius 1 is 1.43 bits per heavy atom. The van der Waals surface area contributed by atoms with Gasteiger partial charge in [-0.3, -0.25) is 0 Å². The van der Waals surface area contributed by atoms with Crippen LogP contribution >= 0.6 is 12.4 Å². The van der Waals surface area contributed by atoms with Gasteiger partial charge in [0.05, 0.1) is 0 Å². The van der Waals surface area contributed by atoms with Crippen molar-refractivity contribution >= 4 is 12.4 Å². The van der Waals surface area contributed by atoms with Gasteiger partial charge in [0.25, 0.3) is 0 Å². The molecule has 0 amide bonds. The van der Waals surface area contributed by atoms with Gasteiger partial charge < -0.3 is 5.73 Å². The van der Waals surface area contributed by atoms with E-state index in [1.807, 2.05) is 0 Å². The van der Waals surface area contributed by atoms with E-state index < -0.39 is 24.8 Å². The van der Waals surface area contributed by atoms with Crippen LogP contribution in [0.4, 0.5) is 13.2 Å². The summed E-state index contributed by atoms with van der Waals surface area (Å²) >= 11 is 0. The normalized spacial score (nSPS) is 12.4. The zero-order valence-electron chi connectivity index (χ0n) is 7.16. The van der Waals surface area contributed by atoms with Gasteiger partial charge >= 0.3 is 0 Å². The molecule has 0 fully saturated rings. The molecule has 0 spiro atoms. The SMILES string of the molecule is Cl.N[C@@H](CC(F)F)c1cccnc1F. The molecule has 0 unspecified atom stereocenters. The average Bonchev–Trinajstić information content (AvgIpc) is 2.03. The fourth-order valence-electron chi connectivity index (χ4n) is 0.994. The monoisotopic (exact) mass is 226 g/mol. The van der Waals surface area contributed by atoms with E-state index in [0.29, 0.717) is 0 Å². The van der Waals surface area contributed by atoms with Crippen molar-refractivity contribution in [2.75, 3.05) is 0 Å². The maximum atomic E-state index is 12.9. The van der Waals surface area contributed by atoms with E-state index in [1.165, 1.54) is 18.3 Å². The van der Waals surface area contributed by atoms with Crippen LogP contribution in [0.15, 0.2) is 18.3 Å². The first-order valence-electron chi connectivity index (χ1n) is 3.75. The summed E-state index contributed by atoms with van der Waals surface area (Å²) < 4.78 is 36.6. The van der Waals surface area contributed by atoms with Crippen LogP contribution in [-0.2, 0) is 0 Å². The molecule has 1 atom stereocenters. The molecular formula is C8H10ClF3N2. The second-order valence-electron chi connectivity index (χ2n) is 2.62. The maximum Gasteiger partial charge on any atom is 0.240 e. The minimum Gasteiger partial charge on any atom is -0.324 e. The van der Waals surface area contributed by atoms with Crippen LogP contribution in [0.2, 0.25) is 0 Å². The maximum absolute atomic E-state index is 12.9. The van der Waals surface area contributed by atoms with Crippen LogP contribution in [0.5, 0.6) is 0 Å². The highest BCUT2D eigenvalue weighted by Crippen LogP contribution is 2.19. The molecular weight excluding hydrogens is 217 g/mol. The van der Waals surface area contributed by atoms with E-state index in [0.717, 1.165) is 0 Å². The molecule has 0 radical (unpaired) electrons. The molecule has 1 aromatic heterocycles. The lowest BCUT2D eigenvalue weighted by Crippen LogP contribution is -2.15. The van der Waals surface area contributed by atoms with Crippen LogP contribution in [0, 0.1) is 5.95 Å². The molecule has 0 aromatic carbocycles. The van der Waals surface area contributed by atoms with Gasteiger partial charge in [-0.25, -0.2) is 13.8 Å². The average molecular weight is 227 g/mol. The van der Waals surface area contributed by atoms with E-state index in [4.69, 9.17) is 5.73 Å². The molecule has 2 N–H and O–H groups in total. The highest BCUT2D eigenvalue weighted by Gasteiger charge is 2.16. The van der Waals surface area contributed by atoms with Crippen molar-refractivity contribution in [2.45, 2.75) is 18.9 Å². The van der Waals surface area contributed by atoms with Crippen molar-refractivity contribution in [3.05, 3.63) is 29.8 Å². The number of hydrogen-bond donors (Lipinski definition) is 1. The van der Waals surface area contributed by atoms with Gasteiger partial charge in [0.2, 0.25) is 12.4 Å².